The third-order valence-electron chi connectivity index (χ3n) is 3.99. The van der Waals surface area contributed by atoms with Crippen molar-refractivity contribution in [1.29, 1.82) is 0 Å². The lowest BCUT2D eigenvalue weighted by molar-refractivity contribution is -0.138. The van der Waals surface area contributed by atoms with E-state index in [1.807, 2.05) is 36.4 Å². The maximum absolute atomic E-state index is 12.4. The van der Waals surface area contributed by atoms with Gasteiger partial charge in [-0.2, -0.15) is 0 Å². The average Bonchev–Trinajstić information content (AvgIpc) is 3.17. The van der Waals surface area contributed by atoms with E-state index >= 15 is 0 Å². The van der Waals surface area contributed by atoms with E-state index in [0.29, 0.717) is 18.7 Å². The topological polar surface area (TPSA) is 91.4 Å². The number of H-pyrrole nitrogens is 1. The van der Waals surface area contributed by atoms with Gasteiger partial charge in [0.05, 0.1) is 18.6 Å². The van der Waals surface area contributed by atoms with Gasteiger partial charge in [-0.3, -0.25) is 9.59 Å². The fourth-order valence-electron chi connectivity index (χ4n) is 2.80. The number of rotatable bonds is 5. The van der Waals surface area contributed by atoms with Crippen molar-refractivity contribution in [2.75, 3.05) is 13.2 Å². The van der Waals surface area contributed by atoms with Crippen molar-refractivity contribution in [2.24, 2.45) is 0 Å². The Kier molecular flexibility index (Phi) is 4.16. The van der Waals surface area contributed by atoms with Gasteiger partial charge in [0.15, 0.2) is 0 Å². The van der Waals surface area contributed by atoms with Crippen molar-refractivity contribution in [3.8, 4) is 11.3 Å². The molecule has 120 valence electrons. The highest BCUT2D eigenvalue weighted by atomic mass is 16.5. The molecule has 6 heteroatoms. The normalized spacial score (nSPS) is 20.3. The van der Waals surface area contributed by atoms with Gasteiger partial charge in [-0.15, -0.1) is 0 Å². The highest BCUT2D eigenvalue weighted by Crippen LogP contribution is 2.24. The molecule has 3 rings (SSSR count). The van der Waals surface area contributed by atoms with Crippen LogP contribution in [-0.2, 0) is 9.53 Å². The largest absolute Gasteiger partial charge is 0.481 e. The van der Waals surface area contributed by atoms with Gasteiger partial charge < -0.3 is 20.1 Å². The summed E-state index contributed by atoms with van der Waals surface area (Å²) in [6, 6.07) is 13.2. The van der Waals surface area contributed by atoms with Gasteiger partial charge in [0, 0.05) is 12.3 Å². The van der Waals surface area contributed by atoms with Crippen molar-refractivity contribution in [2.45, 2.75) is 18.4 Å². The molecular weight excluding hydrogens is 296 g/mol. The third-order valence-corrected chi connectivity index (χ3v) is 3.99. The zero-order valence-corrected chi connectivity index (χ0v) is 12.5. The Morgan fingerprint density at radius 3 is 2.65 bits per heavy atom. The maximum Gasteiger partial charge on any atom is 0.305 e. The van der Waals surface area contributed by atoms with Crippen LogP contribution in [0.3, 0.4) is 0 Å². The molecule has 0 bridgehead atoms. The van der Waals surface area contributed by atoms with Gasteiger partial charge in [0.25, 0.3) is 5.91 Å². The van der Waals surface area contributed by atoms with Crippen LogP contribution in [0.5, 0.6) is 0 Å². The molecular formula is C17H18N2O4. The molecule has 1 aromatic carbocycles. The van der Waals surface area contributed by atoms with Crippen LogP contribution in [0.25, 0.3) is 11.3 Å². The van der Waals surface area contributed by atoms with Gasteiger partial charge in [0.2, 0.25) is 0 Å². The van der Waals surface area contributed by atoms with Crippen molar-refractivity contribution < 1.29 is 19.4 Å². The number of carbonyl (C=O) groups excluding carboxylic acids is 1. The van der Waals surface area contributed by atoms with Crippen molar-refractivity contribution in [1.82, 2.24) is 10.3 Å². The van der Waals surface area contributed by atoms with Gasteiger partial charge >= 0.3 is 5.97 Å². The van der Waals surface area contributed by atoms with Crippen LogP contribution in [0.1, 0.15) is 23.3 Å². The summed E-state index contributed by atoms with van der Waals surface area (Å²) in [7, 11) is 0. The molecule has 1 aliphatic rings. The van der Waals surface area contributed by atoms with E-state index in [2.05, 4.69) is 10.3 Å². The molecule has 3 N–H and O–H groups in total. The quantitative estimate of drug-likeness (QED) is 0.787. The van der Waals surface area contributed by atoms with Gasteiger partial charge in [-0.05, 0) is 24.1 Å². The van der Waals surface area contributed by atoms with E-state index in [1.54, 1.807) is 6.07 Å². The molecule has 0 aliphatic carbocycles. The van der Waals surface area contributed by atoms with E-state index in [4.69, 9.17) is 9.84 Å². The molecule has 6 nitrogen and oxygen atoms in total. The molecule has 0 saturated carbocycles. The van der Waals surface area contributed by atoms with E-state index in [9.17, 15) is 9.59 Å². The van der Waals surface area contributed by atoms with Crippen LogP contribution < -0.4 is 5.32 Å². The standard InChI is InChI=1S/C17H18N2O4/c20-15(21)10-17(8-9-23-11-17)19-16(22)14-7-6-13(18-14)12-4-2-1-3-5-12/h1-7,18H,8-11H2,(H,19,22)(H,20,21). The van der Waals surface area contributed by atoms with Crippen molar-refractivity contribution in [3.63, 3.8) is 0 Å². The molecule has 1 fully saturated rings. The fourth-order valence-corrected chi connectivity index (χ4v) is 2.80. The first-order chi connectivity index (χ1) is 11.1. The lowest BCUT2D eigenvalue weighted by Gasteiger charge is -2.26. The summed E-state index contributed by atoms with van der Waals surface area (Å²) >= 11 is 0. The second-order valence-corrected chi connectivity index (χ2v) is 5.76. The molecule has 2 heterocycles. The summed E-state index contributed by atoms with van der Waals surface area (Å²) in [5.74, 6) is -1.27. The number of nitrogens with one attached hydrogen (secondary N) is 2. The SMILES string of the molecule is O=C(O)CC1(NC(=O)c2ccc(-c3ccccc3)[nH]2)CCOC1. The summed E-state index contributed by atoms with van der Waals surface area (Å²) in [5.41, 5.74) is 1.39. The predicted molar refractivity (Wildman–Crippen MR) is 84.1 cm³/mol. The number of ether oxygens (including phenoxy) is 1. The molecule has 1 unspecified atom stereocenters. The number of aliphatic carboxylic acids is 1. The molecule has 0 radical (unpaired) electrons. The number of hydrogen-bond acceptors (Lipinski definition) is 3. The Balaban J connectivity index is 1.76. The van der Waals surface area contributed by atoms with Crippen LogP contribution in [0.2, 0.25) is 0 Å². The second kappa shape index (κ2) is 6.26. The van der Waals surface area contributed by atoms with Crippen LogP contribution in [0.4, 0.5) is 0 Å². The highest BCUT2D eigenvalue weighted by Gasteiger charge is 2.39. The van der Waals surface area contributed by atoms with Crippen LogP contribution in [0, 0.1) is 0 Å². The van der Waals surface area contributed by atoms with Gasteiger partial charge in [-0.1, -0.05) is 30.3 Å². The third kappa shape index (κ3) is 3.43. The lowest BCUT2D eigenvalue weighted by Crippen LogP contribution is -2.50. The first kappa shape index (κ1) is 15.3. The molecule has 1 atom stereocenters. The molecule has 1 aliphatic heterocycles. The predicted octanol–water partition coefficient (Wildman–Crippen LogP) is 2.05. The number of aromatic nitrogens is 1. The van der Waals surface area contributed by atoms with E-state index in [-0.39, 0.29) is 18.9 Å². The average molecular weight is 314 g/mol. The first-order valence-electron chi connectivity index (χ1n) is 7.44. The van der Waals surface area contributed by atoms with Gasteiger partial charge in [-0.25, -0.2) is 0 Å². The Labute approximate surface area is 133 Å². The second-order valence-electron chi connectivity index (χ2n) is 5.76. The number of benzene rings is 1. The van der Waals surface area contributed by atoms with Crippen LogP contribution >= 0.6 is 0 Å². The number of amides is 1. The zero-order valence-electron chi connectivity index (χ0n) is 12.5. The minimum atomic E-state index is -0.952. The number of carboxylic acids is 1. The number of carbonyl (C=O) groups is 2. The first-order valence-corrected chi connectivity index (χ1v) is 7.44. The molecule has 0 spiro atoms. The maximum atomic E-state index is 12.4. The Morgan fingerprint density at radius 2 is 2.00 bits per heavy atom. The molecule has 1 aromatic heterocycles. The van der Waals surface area contributed by atoms with Crippen molar-refractivity contribution >= 4 is 11.9 Å². The summed E-state index contributed by atoms with van der Waals surface area (Å²) in [5, 5.41) is 11.9. The van der Waals surface area contributed by atoms with Crippen LogP contribution in [0.15, 0.2) is 42.5 Å². The number of carboxylic acid groups (broad SMARTS) is 1. The number of aromatic amines is 1. The zero-order chi connectivity index (χ0) is 16.3. The Morgan fingerprint density at radius 1 is 1.22 bits per heavy atom. The van der Waals surface area contributed by atoms with Crippen molar-refractivity contribution in [3.05, 3.63) is 48.2 Å². The summed E-state index contributed by atoms with van der Waals surface area (Å²) in [6.07, 6.45) is 0.349. The minimum absolute atomic E-state index is 0.148. The molecule has 1 amide bonds. The Bertz CT molecular complexity index is 702. The summed E-state index contributed by atoms with van der Waals surface area (Å²) < 4.78 is 5.28. The van der Waals surface area contributed by atoms with Crippen LogP contribution in [-0.4, -0.2) is 40.7 Å². The van der Waals surface area contributed by atoms with E-state index in [0.717, 1.165) is 11.3 Å². The van der Waals surface area contributed by atoms with Gasteiger partial charge in [0.1, 0.15) is 5.69 Å². The summed E-state index contributed by atoms with van der Waals surface area (Å²) in [6.45, 7) is 0.671. The summed E-state index contributed by atoms with van der Waals surface area (Å²) in [4.78, 5) is 26.6. The minimum Gasteiger partial charge on any atom is -0.481 e. The lowest BCUT2D eigenvalue weighted by atomic mass is 9.94. The molecule has 2 aromatic rings. The smallest absolute Gasteiger partial charge is 0.305 e. The highest BCUT2D eigenvalue weighted by molar-refractivity contribution is 5.94. The van der Waals surface area contributed by atoms with E-state index in [1.165, 1.54) is 0 Å². The molecule has 1 saturated heterocycles. The number of hydrogen-bond donors (Lipinski definition) is 3. The monoisotopic (exact) mass is 314 g/mol. The fraction of sp³-hybridized carbons (Fsp3) is 0.294. The van der Waals surface area contributed by atoms with E-state index < -0.39 is 11.5 Å². The molecule has 23 heavy (non-hydrogen) atoms. The Hall–Kier alpha value is -2.60.